The first-order valence-corrected chi connectivity index (χ1v) is 8.50. The fourth-order valence-corrected chi connectivity index (χ4v) is 4.14. The van der Waals surface area contributed by atoms with E-state index in [9.17, 15) is 13.6 Å². The summed E-state index contributed by atoms with van der Waals surface area (Å²) >= 11 is 2.81. The van der Waals surface area contributed by atoms with Crippen LogP contribution in [0.25, 0.3) is 10.2 Å². The number of amides is 1. The van der Waals surface area contributed by atoms with E-state index in [0.29, 0.717) is 0 Å². The molecule has 1 N–H and O–H groups in total. The third-order valence-electron chi connectivity index (χ3n) is 3.11. The Bertz CT molecular complexity index is 833. The van der Waals surface area contributed by atoms with Gasteiger partial charge in [0.05, 0.1) is 21.2 Å². The molecule has 0 saturated carbocycles. The van der Waals surface area contributed by atoms with Crippen LogP contribution < -0.4 is 5.32 Å². The molecule has 0 fully saturated rings. The summed E-state index contributed by atoms with van der Waals surface area (Å²) in [7, 11) is 0. The minimum Gasteiger partial charge on any atom is -0.323 e. The van der Waals surface area contributed by atoms with Crippen molar-refractivity contribution >= 4 is 44.9 Å². The van der Waals surface area contributed by atoms with E-state index in [1.54, 1.807) is 6.92 Å². The topological polar surface area (TPSA) is 42.0 Å². The fourth-order valence-electron chi connectivity index (χ4n) is 1.93. The molecule has 0 aliphatic carbocycles. The van der Waals surface area contributed by atoms with E-state index in [2.05, 4.69) is 10.3 Å². The maximum atomic E-state index is 13.6. The van der Waals surface area contributed by atoms with Gasteiger partial charge in [-0.3, -0.25) is 4.79 Å². The van der Waals surface area contributed by atoms with Gasteiger partial charge < -0.3 is 5.32 Å². The molecular weight excluding hydrogens is 338 g/mol. The molecule has 1 unspecified atom stereocenters. The number of aromatic nitrogens is 1. The molecule has 3 aromatic rings. The maximum Gasteiger partial charge on any atom is 0.237 e. The SMILES string of the molecule is CC(Sc1nc2ccccc2s1)C(=O)Nc1ccc(F)cc1F. The van der Waals surface area contributed by atoms with Crippen molar-refractivity contribution in [3.05, 3.63) is 54.1 Å². The maximum absolute atomic E-state index is 13.6. The van der Waals surface area contributed by atoms with Crippen LogP contribution in [0.5, 0.6) is 0 Å². The Morgan fingerprint density at radius 1 is 1.26 bits per heavy atom. The molecule has 1 heterocycles. The van der Waals surface area contributed by atoms with Crippen LogP contribution >= 0.6 is 23.1 Å². The third kappa shape index (κ3) is 3.68. The molecule has 0 aliphatic rings. The molecule has 0 bridgehead atoms. The Labute approximate surface area is 139 Å². The monoisotopic (exact) mass is 350 g/mol. The number of carbonyl (C=O) groups excluding carboxylic acids is 1. The zero-order valence-electron chi connectivity index (χ0n) is 12.0. The number of halogens is 2. The minimum atomic E-state index is -0.796. The van der Waals surface area contributed by atoms with Crippen molar-refractivity contribution in [2.24, 2.45) is 0 Å². The predicted octanol–water partition coefficient (Wildman–Crippen LogP) is 4.69. The number of para-hydroxylation sites is 1. The molecule has 0 spiro atoms. The lowest BCUT2D eigenvalue weighted by atomic mass is 10.3. The standard InChI is InChI=1S/C16H12F2N2OS2/c1-9(15(21)19-12-7-6-10(17)8-11(12)18)22-16-20-13-4-2-3-5-14(13)23-16/h2-9H,1H3,(H,19,21). The first kappa shape index (κ1) is 15.9. The highest BCUT2D eigenvalue weighted by Gasteiger charge is 2.18. The van der Waals surface area contributed by atoms with Crippen LogP contribution in [0.15, 0.2) is 46.8 Å². The van der Waals surface area contributed by atoms with Crippen molar-refractivity contribution in [3.8, 4) is 0 Å². The molecule has 0 saturated heterocycles. The lowest BCUT2D eigenvalue weighted by molar-refractivity contribution is -0.115. The second-order valence-electron chi connectivity index (χ2n) is 4.82. The molecule has 3 nitrogen and oxygen atoms in total. The van der Waals surface area contributed by atoms with Gasteiger partial charge in [-0.1, -0.05) is 23.9 Å². The quantitative estimate of drug-likeness (QED) is 0.694. The molecule has 0 aliphatic heterocycles. The molecule has 1 amide bonds. The second kappa shape index (κ2) is 6.64. The number of hydrogen-bond acceptors (Lipinski definition) is 4. The highest BCUT2D eigenvalue weighted by molar-refractivity contribution is 8.02. The van der Waals surface area contributed by atoms with E-state index < -0.39 is 16.9 Å². The van der Waals surface area contributed by atoms with Crippen molar-refractivity contribution < 1.29 is 13.6 Å². The Kier molecular flexibility index (Phi) is 4.58. The highest BCUT2D eigenvalue weighted by atomic mass is 32.2. The molecule has 23 heavy (non-hydrogen) atoms. The molecule has 0 radical (unpaired) electrons. The number of fused-ring (bicyclic) bond motifs is 1. The first-order valence-electron chi connectivity index (χ1n) is 6.81. The van der Waals surface area contributed by atoms with Gasteiger partial charge in [0.2, 0.25) is 5.91 Å². The summed E-state index contributed by atoms with van der Waals surface area (Å²) in [5, 5.41) is 2.01. The summed E-state index contributed by atoms with van der Waals surface area (Å²) in [6, 6.07) is 10.8. The first-order chi connectivity index (χ1) is 11.0. The largest absolute Gasteiger partial charge is 0.323 e. The van der Waals surface area contributed by atoms with Gasteiger partial charge in [0.1, 0.15) is 11.6 Å². The number of hydrogen-bond donors (Lipinski definition) is 1. The van der Waals surface area contributed by atoms with Crippen molar-refractivity contribution in [2.45, 2.75) is 16.5 Å². The number of nitrogens with one attached hydrogen (secondary N) is 1. The third-order valence-corrected chi connectivity index (χ3v) is 5.34. The van der Waals surface area contributed by atoms with Gasteiger partial charge in [-0.25, -0.2) is 13.8 Å². The van der Waals surface area contributed by atoms with Crippen LogP contribution in [-0.2, 0) is 4.79 Å². The Hall–Kier alpha value is -1.99. The number of anilines is 1. The summed E-state index contributed by atoms with van der Waals surface area (Å²) in [4.78, 5) is 16.6. The molecule has 1 atom stereocenters. The lowest BCUT2D eigenvalue weighted by Crippen LogP contribution is -2.22. The van der Waals surface area contributed by atoms with Gasteiger partial charge in [0.15, 0.2) is 4.34 Å². The van der Waals surface area contributed by atoms with E-state index >= 15 is 0 Å². The van der Waals surface area contributed by atoms with Crippen LogP contribution in [0.1, 0.15) is 6.92 Å². The second-order valence-corrected chi connectivity index (χ2v) is 7.44. The molecular formula is C16H12F2N2OS2. The molecule has 3 rings (SSSR count). The van der Waals surface area contributed by atoms with Crippen molar-refractivity contribution in [1.29, 1.82) is 0 Å². The summed E-state index contributed by atoms with van der Waals surface area (Å²) in [5.74, 6) is -1.84. The average molecular weight is 350 g/mol. The van der Waals surface area contributed by atoms with Crippen molar-refractivity contribution in [1.82, 2.24) is 4.98 Å². The van der Waals surface area contributed by atoms with E-state index in [1.165, 1.54) is 29.2 Å². The predicted molar refractivity (Wildman–Crippen MR) is 89.9 cm³/mol. The Morgan fingerprint density at radius 2 is 2.04 bits per heavy atom. The van der Waals surface area contributed by atoms with E-state index in [1.807, 2.05) is 24.3 Å². The van der Waals surface area contributed by atoms with Gasteiger partial charge in [-0.15, -0.1) is 11.3 Å². The molecule has 1 aromatic heterocycles. The summed E-state index contributed by atoms with van der Waals surface area (Å²) in [6.45, 7) is 1.72. The zero-order chi connectivity index (χ0) is 16.4. The number of thioether (sulfide) groups is 1. The summed E-state index contributed by atoms with van der Waals surface area (Å²) in [6.07, 6.45) is 0. The number of thiazole rings is 1. The van der Waals surface area contributed by atoms with Crippen LogP contribution in [0.2, 0.25) is 0 Å². The van der Waals surface area contributed by atoms with Gasteiger partial charge in [0, 0.05) is 6.07 Å². The number of benzene rings is 2. The van der Waals surface area contributed by atoms with Gasteiger partial charge >= 0.3 is 0 Å². The van der Waals surface area contributed by atoms with E-state index in [0.717, 1.165) is 26.7 Å². The van der Waals surface area contributed by atoms with Gasteiger partial charge in [0.25, 0.3) is 0 Å². The Morgan fingerprint density at radius 3 is 2.78 bits per heavy atom. The summed E-state index contributed by atoms with van der Waals surface area (Å²) < 4.78 is 28.3. The number of nitrogens with zero attached hydrogens (tertiary/aromatic N) is 1. The van der Waals surface area contributed by atoms with Crippen molar-refractivity contribution in [2.75, 3.05) is 5.32 Å². The van der Waals surface area contributed by atoms with E-state index in [4.69, 9.17) is 0 Å². The van der Waals surface area contributed by atoms with Gasteiger partial charge in [-0.2, -0.15) is 0 Å². The van der Waals surface area contributed by atoms with E-state index in [-0.39, 0.29) is 11.6 Å². The van der Waals surface area contributed by atoms with Crippen LogP contribution in [-0.4, -0.2) is 16.1 Å². The van der Waals surface area contributed by atoms with Crippen LogP contribution in [0.4, 0.5) is 14.5 Å². The number of carbonyl (C=O) groups is 1. The fraction of sp³-hybridized carbons (Fsp3) is 0.125. The van der Waals surface area contributed by atoms with Gasteiger partial charge in [-0.05, 0) is 31.2 Å². The Balaban J connectivity index is 1.69. The molecule has 118 valence electrons. The smallest absolute Gasteiger partial charge is 0.237 e. The molecule has 7 heteroatoms. The lowest BCUT2D eigenvalue weighted by Gasteiger charge is -2.11. The highest BCUT2D eigenvalue weighted by Crippen LogP contribution is 2.32. The average Bonchev–Trinajstić information content (AvgIpc) is 2.92. The minimum absolute atomic E-state index is 0.0341. The summed E-state index contributed by atoms with van der Waals surface area (Å²) in [5.41, 5.74) is 0.852. The molecule has 2 aromatic carbocycles. The normalized spacial score (nSPS) is 12.3. The zero-order valence-corrected chi connectivity index (χ0v) is 13.7. The van der Waals surface area contributed by atoms with Crippen LogP contribution in [0, 0.1) is 11.6 Å². The van der Waals surface area contributed by atoms with Crippen LogP contribution in [0.3, 0.4) is 0 Å². The van der Waals surface area contributed by atoms with Crippen molar-refractivity contribution in [3.63, 3.8) is 0 Å². The number of rotatable bonds is 4.